The quantitative estimate of drug-likeness (QED) is 0.588. The number of hydrogen-bond acceptors (Lipinski definition) is 5. The van der Waals surface area contributed by atoms with E-state index in [4.69, 9.17) is 11.5 Å². The second kappa shape index (κ2) is 5.52. The average molecular weight is 329 g/mol. The highest BCUT2D eigenvalue weighted by molar-refractivity contribution is 6.08. The minimum Gasteiger partial charge on any atom is -0.396 e. The van der Waals surface area contributed by atoms with Gasteiger partial charge in [-0.3, -0.25) is 9.78 Å². The van der Waals surface area contributed by atoms with E-state index in [1.165, 1.54) is 0 Å². The fourth-order valence-corrected chi connectivity index (χ4v) is 3.08. The molecule has 0 saturated carbocycles. The van der Waals surface area contributed by atoms with E-state index in [1.807, 2.05) is 43.5 Å². The van der Waals surface area contributed by atoms with Crippen molar-refractivity contribution in [1.29, 1.82) is 0 Å². The molecule has 122 valence electrons. The molecule has 4 aromatic rings. The lowest BCUT2D eigenvalue weighted by Gasteiger charge is -2.12. The molecule has 25 heavy (non-hydrogen) atoms. The van der Waals surface area contributed by atoms with Crippen molar-refractivity contribution >= 4 is 33.3 Å². The Kier molecular flexibility index (Phi) is 3.32. The van der Waals surface area contributed by atoms with Gasteiger partial charge in [0.2, 0.25) is 0 Å². The number of nitrogen functional groups attached to an aromatic ring is 1. The molecule has 0 fully saturated rings. The SMILES string of the molecule is Cc1ccc2c(N)c(C(N)=O)nnc2c1-c1ccc2ccncc2c1. The van der Waals surface area contributed by atoms with Crippen LogP contribution in [-0.4, -0.2) is 21.1 Å². The minimum absolute atomic E-state index is 0.00925. The summed E-state index contributed by atoms with van der Waals surface area (Å²) < 4.78 is 0. The Morgan fingerprint density at radius 3 is 2.68 bits per heavy atom. The Labute approximate surface area is 143 Å². The van der Waals surface area contributed by atoms with Crippen LogP contribution in [0, 0.1) is 6.92 Å². The van der Waals surface area contributed by atoms with Gasteiger partial charge in [-0.2, -0.15) is 0 Å². The van der Waals surface area contributed by atoms with Gasteiger partial charge in [0.05, 0.1) is 5.69 Å². The summed E-state index contributed by atoms with van der Waals surface area (Å²) in [5.74, 6) is -0.689. The molecule has 0 radical (unpaired) electrons. The average Bonchev–Trinajstić information content (AvgIpc) is 2.61. The molecular formula is C19H15N5O. The third-order valence-corrected chi connectivity index (χ3v) is 4.34. The molecule has 0 atom stereocenters. The second-order valence-electron chi connectivity index (χ2n) is 5.92. The number of benzene rings is 2. The van der Waals surface area contributed by atoms with Crippen LogP contribution in [0.15, 0.2) is 48.8 Å². The van der Waals surface area contributed by atoms with E-state index < -0.39 is 5.91 Å². The minimum atomic E-state index is -0.689. The molecule has 0 aliphatic rings. The number of aromatic nitrogens is 3. The number of nitrogens with two attached hydrogens (primary N) is 2. The summed E-state index contributed by atoms with van der Waals surface area (Å²) in [6.07, 6.45) is 3.59. The topological polar surface area (TPSA) is 108 Å². The Hall–Kier alpha value is -3.54. The van der Waals surface area contributed by atoms with Crippen molar-refractivity contribution < 1.29 is 4.79 Å². The summed E-state index contributed by atoms with van der Waals surface area (Å²) >= 11 is 0. The van der Waals surface area contributed by atoms with Crippen LogP contribution in [0.4, 0.5) is 5.69 Å². The van der Waals surface area contributed by atoms with Crippen LogP contribution in [0.5, 0.6) is 0 Å². The summed E-state index contributed by atoms with van der Waals surface area (Å²) in [5, 5.41) is 11.0. The number of fused-ring (bicyclic) bond motifs is 2. The molecule has 2 aromatic heterocycles. The molecule has 6 heteroatoms. The fourth-order valence-electron chi connectivity index (χ4n) is 3.08. The van der Waals surface area contributed by atoms with Crippen LogP contribution in [-0.2, 0) is 0 Å². The van der Waals surface area contributed by atoms with Crippen molar-refractivity contribution in [2.24, 2.45) is 5.73 Å². The number of carbonyl (C=O) groups excluding carboxylic acids is 1. The standard InChI is InChI=1S/C19H15N5O/c1-10-2-5-14-16(20)18(19(21)25)24-23-17(14)15(10)12-4-3-11-6-7-22-9-13(11)8-12/h2-9H,1H3,(H2,20,23)(H2,21,25). The first-order valence-electron chi connectivity index (χ1n) is 7.75. The Morgan fingerprint density at radius 1 is 1.04 bits per heavy atom. The monoisotopic (exact) mass is 329 g/mol. The van der Waals surface area contributed by atoms with Crippen molar-refractivity contribution in [2.45, 2.75) is 6.92 Å². The number of amides is 1. The maximum absolute atomic E-state index is 11.5. The van der Waals surface area contributed by atoms with Gasteiger partial charge in [0.1, 0.15) is 5.52 Å². The molecule has 6 nitrogen and oxygen atoms in total. The van der Waals surface area contributed by atoms with E-state index in [2.05, 4.69) is 21.2 Å². The highest BCUT2D eigenvalue weighted by Gasteiger charge is 2.16. The van der Waals surface area contributed by atoms with Gasteiger partial charge < -0.3 is 11.5 Å². The van der Waals surface area contributed by atoms with Gasteiger partial charge in [-0.05, 0) is 35.6 Å². The van der Waals surface area contributed by atoms with Gasteiger partial charge in [-0.15, -0.1) is 10.2 Å². The molecule has 0 unspecified atom stereocenters. The summed E-state index contributed by atoms with van der Waals surface area (Å²) in [6, 6.07) is 11.9. The number of nitrogens with zero attached hydrogens (tertiary/aromatic N) is 3. The van der Waals surface area contributed by atoms with Crippen molar-refractivity contribution in [2.75, 3.05) is 5.73 Å². The Bertz CT molecular complexity index is 1150. The van der Waals surface area contributed by atoms with Crippen LogP contribution >= 0.6 is 0 Å². The van der Waals surface area contributed by atoms with Gasteiger partial charge >= 0.3 is 0 Å². The zero-order valence-electron chi connectivity index (χ0n) is 13.5. The first-order valence-corrected chi connectivity index (χ1v) is 7.75. The van der Waals surface area contributed by atoms with E-state index in [0.29, 0.717) is 10.9 Å². The van der Waals surface area contributed by atoms with Gasteiger partial charge in [0.15, 0.2) is 5.69 Å². The first-order chi connectivity index (χ1) is 12.1. The van der Waals surface area contributed by atoms with E-state index in [1.54, 1.807) is 6.20 Å². The third kappa shape index (κ3) is 2.35. The van der Waals surface area contributed by atoms with Crippen LogP contribution in [0.2, 0.25) is 0 Å². The number of pyridine rings is 1. The molecular weight excluding hydrogens is 314 g/mol. The fraction of sp³-hybridized carbons (Fsp3) is 0.0526. The maximum Gasteiger partial charge on any atom is 0.271 e. The van der Waals surface area contributed by atoms with E-state index in [0.717, 1.165) is 27.5 Å². The van der Waals surface area contributed by atoms with Gasteiger partial charge in [-0.1, -0.05) is 24.3 Å². The molecule has 2 heterocycles. The highest BCUT2D eigenvalue weighted by Crippen LogP contribution is 2.34. The molecule has 0 bridgehead atoms. The van der Waals surface area contributed by atoms with E-state index in [-0.39, 0.29) is 11.4 Å². The van der Waals surface area contributed by atoms with Crippen LogP contribution < -0.4 is 11.5 Å². The largest absolute Gasteiger partial charge is 0.396 e. The van der Waals surface area contributed by atoms with Gasteiger partial charge in [0, 0.05) is 28.7 Å². The molecule has 0 spiro atoms. The first kappa shape index (κ1) is 15.0. The molecule has 0 aliphatic heterocycles. The predicted octanol–water partition coefficient (Wildman–Crippen LogP) is 2.83. The number of primary amides is 1. The van der Waals surface area contributed by atoms with Crippen LogP contribution in [0.3, 0.4) is 0 Å². The number of carbonyl (C=O) groups is 1. The normalized spacial score (nSPS) is 11.1. The Morgan fingerprint density at radius 2 is 1.88 bits per heavy atom. The number of hydrogen-bond donors (Lipinski definition) is 2. The molecule has 0 aliphatic carbocycles. The zero-order chi connectivity index (χ0) is 17.6. The molecule has 4 rings (SSSR count). The lowest BCUT2D eigenvalue weighted by Crippen LogP contribution is -2.16. The summed E-state index contributed by atoms with van der Waals surface area (Å²) in [7, 11) is 0. The van der Waals surface area contributed by atoms with Crippen molar-refractivity contribution in [3.8, 4) is 11.1 Å². The summed E-state index contributed by atoms with van der Waals surface area (Å²) in [6.45, 7) is 2.00. The van der Waals surface area contributed by atoms with Gasteiger partial charge in [0.25, 0.3) is 5.91 Å². The third-order valence-electron chi connectivity index (χ3n) is 4.34. The predicted molar refractivity (Wildman–Crippen MR) is 97.9 cm³/mol. The van der Waals surface area contributed by atoms with Crippen molar-refractivity contribution in [3.05, 3.63) is 60.0 Å². The van der Waals surface area contributed by atoms with Crippen LogP contribution in [0.1, 0.15) is 16.1 Å². The number of rotatable bonds is 2. The lowest BCUT2D eigenvalue weighted by molar-refractivity contribution is 0.0996. The smallest absolute Gasteiger partial charge is 0.271 e. The molecule has 1 amide bonds. The lowest BCUT2D eigenvalue weighted by atomic mass is 9.95. The van der Waals surface area contributed by atoms with Crippen LogP contribution in [0.25, 0.3) is 32.8 Å². The molecule has 2 aromatic carbocycles. The van der Waals surface area contributed by atoms with E-state index >= 15 is 0 Å². The van der Waals surface area contributed by atoms with Crippen molar-refractivity contribution in [3.63, 3.8) is 0 Å². The maximum atomic E-state index is 11.5. The number of aryl methyl sites for hydroxylation is 1. The highest BCUT2D eigenvalue weighted by atomic mass is 16.1. The number of anilines is 1. The van der Waals surface area contributed by atoms with Crippen molar-refractivity contribution in [1.82, 2.24) is 15.2 Å². The molecule has 0 saturated heterocycles. The second-order valence-corrected chi connectivity index (χ2v) is 5.92. The Balaban J connectivity index is 2.04. The van der Waals surface area contributed by atoms with E-state index in [9.17, 15) is 4.79 Å². The summed E-state index contributed by atoms with van der Waals surface area (Å²) in [5.41, 5.74) is 15.3. The molecule has 4 N–H and O–H groups in total. The van der Waals surface area contributed by atoms with Gasteiger partial charge in [-0.25, -0.2) is 0 Å². The zero-order valence-corrected chi connectivity index (χ0v) is 13.5. The summed E-state index contributed by atoms with van der Waals surface area (Å²) in [4.78, 5) is 15.6.